The molecule has 0 unspecified atom stereocenters. The molecule has 2 aromatic carbocycles. The third-order valence-corrected chi connectivity index (χ3v) is 6.26. The van der Waals surface area contributed by atoms with Gasteiger partial charge in [0.25, 0.3) is 0 Å². The lowest BCUT2D eigenvalue weighted by Gasteiger charge is -2.51. The van der Waals surface area contributed by atoms with Crippen molar-refractivity contribution >= 4 is 5.70 Å². The normalized spacial score (nSPS) is 29.3. The first-order chi connectivity index (χ1) is 13.2. The second-order valence-corrected chi connectivity index (χ2v) is 7.98. The van der Waals surface area contributed by atoms with Gasteiger partial charge in [-0.2, -0.15) is 5.01 Å². The number of nitrogens with zero attached hydrogens (tertiary/aromatic N) is 1. The first kappa shape index (κ1) is 16.7. The number of hydrogen-bond acceptors (Lipinski definition) is 4. The average molecular weight is 362 g/mol. The van der Waals surface area contributed by atoms with Gasteiger partial charge in [0.15, 0.2) is 17.2 Å². The molecular formula is C23H26N2O2. The van der Waals surface area contributed by atoms with Crippen LogP contribution in [0.2, 0.25) is 0 Å². The van der Waals surface area contributed by atoms with Crippen LogP contribution in [0.1, 0.15) is 49.8 Å². The minimum absolute atomic E-state index is 0.146. The summed E-state index contributed by atoms with van der Waals surface area (Å²) in [5.74, 6) is 2.48. The fourth-order valence-electron chi connectivity index (χ4n) is 4.66. The highest BCUT2D eigenvalue weighted by molar-refractivity contribution is 5.68. The molecule has 27 heavy (non-hydrogen) atoms. The number of hydrazine groups is 1. The number of methoxy groups -OCH3 is 1. The van der Waals surface area contributed by atoms with Crippen molar-refractivity contribution in [3.63, 3.8) is 0 Å². The highest BCUT2D eigenvalue weighted by Crippen LogP contribution is 2.52. The molecule has 0 bridgehead atoms. The first-order valence-electron chi connectivity index (χ1n) is 9.89. The maximum atomic E-state index is 6.73. The zero-order valence-electron chi connectivity index (χ0n) is 15.9. The Hall–Kier alpha value is -2.46. The van der Waals surface area contributed by atoms with Gasteiger partial charge in [0.2, 0.25) is 0 Å². The van der Waals surface area contributed by atoms with Crippen molar-refractivity contribution in [2.45, 2.75) is 44.4 Å². The minimum atomic E-state index is -0.328. The van der Waals surface area contributed by atoms with Crippen molar-refractivity contribution < 1.29 is 9.47 Å². The summed E-state index contributed by atoms with van der Waals surface area (Å²) in [6.07, 6.45) is 6.72. The fourth-order valence-corrected chi connectivity index (χ4v) is 4.66. The van der Waals surface area contributed by atoms with Gasteiger partial charge in [-0.25, -0.2) is 0 Å². The van der Waals surface area contributed by atoms with Crippen LogP contribution in [0.4, 0.5) is 0 Å². The third-order valence-electron chi connectivity index (χ3n) is 6.26. The standard InChI is InChI=1S/C23H26N2O2/c1-16-11-13-23(14-12-16)25-20(15-19(24-25)17-7-4-3-5-8-17)18-9-6-10-21(26-2)22(18)27-23/h3-10,15-16,20,24H,11-14H2,1-2H3/t16?,20-,23?/m0/s1. The summed E-state index contributed by atoms with van der Waals surface area (Å²) in [6.45, 7) is 2.34. The summed E-state index contributed by atoms with van der Waals surface area (Å²) >= 11 is 0. The van der Waals surface area contributed by atoms with Gasteiger partial charge >= 0.3 is 0 Å². The van der Waals surface area contributed by atoms with E-state index in [1.54, 1.807) is 7.11 Å². The SMILES string of the molecule is COc1cccc2c1OC1(CCC(C)CC1)N1NC(c3ccccc3)=C[C@@H]21. The van der Waals surface area contributed by atoms with E-state index in [0.717, 1.165) is 41.5 Å². The number of fused-ring (bicyclic) bond motifs is 4. The molecule has 0 amide bonds. The molecular weight excluding hydrogens is 336 g/mol. The highest BCUT2D eigenvalue weighted by atomic mass is 16.5. The summed E-state index contributed by atoms with van der Waals surface area (Å²) in [5, 5.41) is 2.35. The van der Waals surface area contributed by atoms with Crippen LogP contribution in [0.15, 0.2) is 54.6 Å². The Bertz CT molecular complexity index is 869. The highest BCUT2D eigenvalue weighted by Gasteiger charge is 2.52. The molecule has 1 aliphatic carbocycles. The molecule has 0 radical (unpaired) electrons. The van der Waals surface area contributed by atoms with Gasteiger partial charge in [-0.05, 0) is 36.5 Å². The second-order valence-electron chi connectivity index (χ2n) is 7.98. The summed E-state index contributed by atoms with van der Waals surface area (Å²) in [7, 11) is 1.72. The van der Waals surface area contributed by atoms with Crippen molar-refractivity contribution in [2.24, 2.45) is 5.92 Å². The fraction of sp³-hybridized carbons (Fsp3) is 0.391. The molecule has 0 saturated heterocycles. The van der Waals surface area contributed by atoms with Gasteiger partial charge in [-0.3, -0.25) is 0 Å². The molecule has 5 rings (SSSR count). The first-order valence-corrected chi connectivity index (χ1v) is 9.89. The Morgan fingerprint density at radius 2 is 1.85 bits per heavy atom. The monoisotopic (exact) mass is 362 g/mol. The van der Waals surface area contributed by atoms with E-state index < -0.39 is 0 Å². The van der Waals surface area contributed by atoms with Crippen molar-refractivity contribution in [1.82, 2.24) is 10.4 Å². The number of nitrogens with one attached hydrogen (secondary N) is 1. The molecule has 140 valence electrons. The van der Waals surface area contributed by atoms with E-state index in [2.05, 4.69) is 65.9 Å². The minimum Gasteiger partial charge on any atom is -0.493 e. The van der Waals surface area contributed by atoms with Crippen molar-refractivity contribution in [2.75, 3.05) is 7.11 Å². The molecule has 2 aliphatic heterocycles. The van der Waals surface area contributed by atoms with Crippen LogP contribution in [0.25, 0.3) is 5.70 Å². The van der Waals surface area contributed by atoms with Crippen LogP contribution < -0.4 is 14.9 Å². The van der Waals surface area contributed by atoms with E-state index in [9.17, 15) is 0 Å². The molecule has 2 aromatic rings. The van der Waals surface area contributed by atoms with Crippen LogP contribution in [-0.4, -0.2) is 17.8 Å². The van der Waals surface area contributed by atoms with Crippen LogP contribution in [-0.2, 0) is 0 Å². The Kier molecular flexibility index (Phi) is 3.90. The van der Waals surface area contributed by atoms with Gasteiger partial charge in [-0.15, -0.1) is 0 Å². The van der Waals surface area contributed by atoms with Crippen LogP contribution >= 0.6 is 0 Å². The third kappa shape index (κ3) is 2.62. The molecule has 4 heteroatoms. The second kappa shape index (κ2) is 6.31. The lowest BCUT2D eigenvalue weighted by Crippen LogP contribution is -2.60. The molecule has 1 spiro atoms. The zero-order valence-corrected chi connectivity index (χ0v) is 15.9. The molecule has 3 aliphatic rings. The maximum Gasteiger partial charge on any atom is 0.180 e. The Morgan fingerprint density at radius 3 is 2.59 bits per heavy atom. The quantitative estimate of drug-likeness (QED) is 0.824. The summed E-state index contributed by atoms with van der Waals surface area (Å²) in [4.78, 5) is 0. The van der Waals surface area contributed by atoms with Crippen molar-refractivity contribution in [3.05, 3.63) is 65.7 Å². The molecule has 1 N–H and O–H groups in total. The van der Waals surface area contributed by atoms with E-state index in [4.69, 9.17) is 9.47 Å². The number of hydrogen-bond donors (Lipinski definition) is 1. The van der Waals surface area contributed by atoms with Gasteiger partial charge in [0.1, 0.15) is 0 Å². The molecule has 1 saturated carbocycles. The number of para-hydroxylation sites is 1. The molecule has 4 nitrogen and oxygen atoms in total. The van der Waals surface area contributed by atoms with Crippen molar-refractivity contribution in [3.8, 4) is 11.5 Å². The van der Waals surface area contributed by atoms with Gasteiger partial charge < -0.3 is 14.9 Å². The lowest BCUT2D eigenvalue weighted by atomic mass is 9.82. The average Bonchev–Trinajstić information content (AvgIpc) is 3.17. The van der Waals surface area contributed by atoms with Crippen LogP contribution in [0.3, 0.4) is 0 Å². The number of ether oxygens (including phenoxy) is 2. The predicted molar refractivity (Wildman–Crippen MR) is 106 cm³/mol. The van der Waals surface area contributed by atoms with Crippen LogP contribution in [0, 0.1) is 5.92 Å². The molecule has 0 aromatic heterocycles. The Labute approximate surface area is 160 Å². The lowest BCUT2D eigenvalue weighted by molar-refractivity contribution is -0.156. The van der Waals surface area contributed by atoms with Gasteiger partial charge in [-0.1, -0.05) is 49.4 Å². The van der Waals surface area contributed by atoms with Crippen molar-refractivity contribution in [1.29, 1.82) is 0 Å². The Balaban J connectivity index is 1.61. The van der Waals surface area contributed by atoms with Gasteiger partial charge in [0.05, 0.1) is 18.8 Å². The summed E-state index contributed by atoms with van der Waals surface area (Å²) < 4.78 is 12.4. The number of benzene rings is 2. The topological polar surface area (TPSA) is 33.7 Å². The predicted octanol–water partition coefficient (Wildman–Crippen LogP) is 4.90. The van der Waals surface area contributed by atoms with E-state index in [0.29, 0.717) is 0 Å². The largest absolute Gasteiger partial charge is 0.493 e. The summed E-state index contributed by atoms with van der Waals surface area (Å²) in [5.41, 5.74) is 6.88. The van der Waals surface area contributed by atoms with E-state index >= 15 is 0 Å². The smallest absolute Gasteiger partial charge is 0.180 e. The summed E-state index contributed by atoms with van der Waals surface area (Å²) in [6, 6.07) is 16.9. The Morgan fingerprint density at radius 1 is 1.07 bits per heavy atom. The maximum absolute atomic E-state index is 6.73. The van der Waals surface area contributed by atoms with E-state index in [-0.39, 0.29) is 11.8 Å². The van der Waals surface area contributed by atoms with Gasteiger partial charge in [0, 0.05) is 18.4 Å². The van der Waals surface area contributed by atoms with E-state index in [1.165, 1.54) is 18.4 Å². The molecule has 2 heterocycles. The van der Waals surface area contributed by atoms with Crippen LogP contribution in [0.5, 0.6) is 11.5 Å². The molecule has 1 atom stereocenters. The zero-order chi connectivity index (χ0) is 18.4. The van der Waals surface area contributed by atoms with E-state index in [1.807, 2.05) is 6.07 Å². The number of rotatable bonds is 2. The molecule has 1 fully saturated rings.